The smallest absolute Gasteiger partial charge is 0.311 e. The standard InChI is InChI=1S/C33H36N8O7/c1-36-19-21(16-34-36)24-14-28(41(46)47)29(48-2)15-27(24)38-11-9-37(10-12-38)17-20-7-8-39(18-20)22-3-4-23-25(13-22)33(45)40(32(23)44)26-5-6-30(42)35-31(26)43/h3-4,13-16,19-20,26H,5-12,17-18H2,1-2H3,(H,35,42,43)/t20-,26?/m1/s1. The fourth-order valence-electron chi connectivity index (χ4n) is 7.33. The number of piperidine rings is 1. The summed E-state index contributed by atoms with van der Waals surface area (Å²) in [5.74, 6) is -1.40. The highest BCUT2D eigenvalue weighted by Gasteiger charge is 2.45. The first-order valence-corrected chi connectivity index (χ1v) is 16.0. The fourth-order valence-corrected chi connectivity index (χ4v) is 7.33. The summed E-state index contributed by atoms with van der Waals surface area (Å²) >= 11 is 0. The molecule has 4 aliphatic heterocycles. The molecule has 250 valence electrons. The predicted molar refractivity (Wildman–Crippen MR) is 174 cm³/mol. The van der Waals surface area contributed by atoms with E-state index >= 15 is 0 Å². The van der Waals surface area contributed by atoms with Crippen LogP contribution in [0.2, 0.25) is 0 Å². The summed E-state index contributed by atoms with van der Waals surface area (Å²) in [5, 5.41) is 18.3. The number of imide groups is 2. The van der Waals surface area contributed by atoms with Gasteiger partial charge in [-0.05, 0) is 37.0 Å². The molecule has 0 spiro atoms. The number of methoxy groups -OCH3 is 1. The molecule has 4 amide bonds. The Balaban J connectivity index is 0.990. The number of nitro groups is 1. The van der Waals surface area contributed by atoms with E-state index in [-0.39, 0.29) is 35.4 Å². The van der Waals surface area contributed by atoms with Crippen LogP contribution in [0, 0.1) is 16.0 Å². The minimum atomic E-state index is -0.987. The third-order valence-electron chi connectivity index (χ3n) is 9.81. The van der Waals surface area contributed by atoms with Crippen LogP contribution in [0.1, 0.15) is 40.0 Å². The molecule has 15 heteroatoms. The molecule has 48 heavy (non-hydrogen) atoms. The van der Waals surface area contributed by atoms with E-state index < -0.39 is 34.6 Å². The van der Waals surface area contributed by atoms with Gasteiger partial charge < -0.3 is 14.5 Å². The van der Waals surface area contributed by atoms with Crippen LogP contribution in [-0.4, -0.2) is 107 Å². The van der Waals surface area contributed by atoms with E-state index in [1.54, 1.807) is 35.1 Å². The second kappa shape index (κ2) is 12.4. The normalized spacial score (nSPS) is 21.6. The zero-order chi connectivity index (χ0) is 33.7. The largest absolute Gasteiger partial charge is 0.490 e. The summed E-state index contributed by atoms with van der Waals surface area (Å²) in [5.41, 5.74) is 3.75. The Morgan fingerprint density at radius 2 is 1.73 bits per heavy atom. The Hall–Kier alpha value is -5.31. The summed E-state index contributed by atoms with van der Waals surface area (Å²) < 4.78 is 7.07. The van der Waals surface area contributed by atoms with E-state index in [9.17, 15) is 29.3 Å². The third kappa shape index (κ3) is 5.63. The first-order valence-electron chi connectivity index (χ1n) is 16.0. The van der Waals surface area contributed by atoms with Crippen molar-refractivity contribution in [3.05, 3.63) is 64.0 Å². The van der Waals surface area contributed by atoms with Crippen molar-refractivity contribution in [2.45, 2.75) is 25.3 Å². The maximum Gasteiger partial charge on any atom is 0.311 e. The maximum atomic E-state index is 13.3. The highest BCUT2D eigenvalue weighted by atomic mass is 16.6. The number of hydrogen-bond donors (Lipinski definition) is 1. The van der Waals surface area contributed by atoms with Crippen molar-refractivity contribution in [1.82, 2.24) is 24.9 Å². The van der Waals surface area contributed by atoms with E-state index in [4.69, 9.17) is 4.74 Å². The van der Waals surface area contributed by atoms with Crippen LogP contribution in [0.5, 0.6) is 5.75 Å². The minimum Gasteiger partial charge on any atom is -0.490 e. The average Bonchev–Trinajstić information content (AvgIpc) is 3.79. The summed E-state index contributed by atoms with van der Waals surface area (Å²) in [6.07, 6.45) is 4.74. The van der Waals surface area contributed by atoms with E-state index in [1.165, 1.54) is 7.11 Å². The number of rotatable bonds is 8. The summed E-state index contributed by atoms with van der Waals surface area (Å²) in [6, 6.07) is 7.61. The number of piperazine rings is 1. The van der Waals surface area contributed by atoms with Crippen LogP contribution in [0.4, 0.5) is 17.1 Å². The van der Waals surface area contributed by atoms with Crippen molar-refractivity contribution in [2.24, 2.45) is 13.0 Å². The molecule has 5 heterocycles. The van der Waals surface area contributed by atoms with Gasteiger partial charge in [-0.2, -0.15) is 5.10 Å². The molecule has 2 aromatic carbocycles. The maximum absolute atomic E-state index is 13.3. The lowest BCUT2D eigenvalue weighted by molar-refractivity contribution is -0.385. The lowest BCUT2D eigenvalue weighted by atomic mass is 10.0. The number of nitrogens with zero attached hydrogens (tertiary/aromatic N) is 7. The number of aryl methyl sites for hydroxylation is 1. The number of carbonyl (C=O) groups is 4. The van der Waals surface area contributed by atoms with E-state index in [0.29, 0.717) is 5.92 Å². The highest BCUT2D eigenvalue weighted by Crippen LogP contribution is 2.41. The van der Waals surface area contributed by atoms with Crippen molar-refractivity contribution in [1.29, 1.82) is 0 Å². The van der Waals surface area contributed by atoms with Crippen LogP contribution in [0.15, 0.2) is 42.7 Å². The van der Waals surface area contributed by atoms with Crippen LogP contribution in [0.3, 0.4) is 0 Å². The molecular formula is C33H36N8O7. The van der Waals surface area contributed by atoms with Gasteiger partial charge in [-0.1, -0.05) is 0 Å². The van der Waals surface area contributed by atoms with Crippen molar-refractivity contribution in [3.63, 3.8) is 0 Å². The molecule has 4 aliphatic rings. The van der Waals surface area contributed by atoms with Crippen molar-refractivity contribution in [3.8, 4) is 16.9 Å². The average molecular weight is 657 g/mol. The van der Waals surface area contributed by atoms with Crippen LogP contribution >= 0.6 is 0 Å². The van der Waals surface area contributed by atoms with Gasteiger partial charge in [0.05, 0.1) is 29.4 Å². The zero-order valence-electron chi connectivity index (χ0n) is 26.8. The van der Waals surface area contributed by atoms with Gasteiger partial charge in [0.25, 0.3) is 11.8 Å². The molecule has 0 aliphatic carbocycles. The van der Waals surface area contributed by atoms with Gasteiger partial charge in [-0.15, -0.1) is 0 Å². The molecule has 1 aromatic heterocycles. The van der Waals surface area contributed by atoms with Gasteiger partial charge >= 0.3 is 5.69 Å². The van der Waals surface area contributed by atoms with Gasteiger partial charge in [0.1, 0.15) is 6.04 Å². The number of fused-ring (bicyclic) bond motifs is 1. The SMILES string of the molecule is COc1cc(N2CCN(C[C@H]3CCN(c4ccc5c(c4)C(=O)N(C4CCC(=O)NC4=O)C5=O)C3)CC2)c(-c2cnn(C)c2)cc1[N+](=O)[O-]. The Morgan fingerprint density at radius 1 is 0.958 bits per heavy atom. The molecule has 7 rings (SSSR count). The molecule has 1 unspecified atom stereocenters. The topological polar surface area (TPSA) is 163 Å². The van der Waals surface area contributed by atoms with Gasteiger partial charge in [0, 0.05) is 100 Å². The first kappa shape index (κ1) is 31.3. The molecule has 0 bridgehead atoms. The van der Waals surface area contributed by atoms with Crippen molar-refractivity contribution in [2.75, 3.05) is 62.7 Å². The zero-order valence-corrected chi connectivity index (χ0v) is 26.8. The number of benzene rings is 2. The number of anilines is 2. The second-order valence-electron chi connectivity index (χ2n) is 12.8. The number of nitrogens with one attached hydrogen (secondary N) is 1. The number of hydrogen-bond acceptors (Lipinski definition) is 11. The Labute approximate surface area is 276 Å². The molecule has 3 saturated heterocycles. The number of ether oxygens (including phenoxy) is 1. The van der Waals surface area contributed by atoms with Crippen LogP contribution in [-0.2, 0) is 16.6 Å². The molecule has 0 saturated carbocycles. The number of nitro benzene ring substituents is 1. The Kier molecular flexibility index (Phi) is 8.07. The van der Waals surface area contributed by atoms with Gasteiger partial charge in [0.2, 0.25) is 11.8 Å². The number of amides is 4. The highest BCUT2D eigenvalue weighted by molar-refractivity contribution is 6.23. The number of aromatic nitrogens is 2. The number of carbonyl (C=O) groups excluding carboxylic acids is 4. The Morgan fingerprint density at radius 3 is 2.42 bits per heavy atom. The van der Waals surface area contributed by atoms with Crippen LogP contribution in [0.25, 0.3) is 11.1 Å². The van der Waals surface area contributed by atoms with Crippen molar-refractivity contribution < 1.29 is 28.8 Å². The van der Waals surface area contributed by atoms with E-state index in [0.717, 1.165) is 79.6 Å². The first-order chi connectivity index (χ1) is 23.1. The van der Waals surface area contributed by atoms with Crippen molar-refractivity contribution >= 4 is 40.7 Å². The molecule has 3 fully saturated rings. The molecule has 15 nitrogen and oxygen atoms in total. The monoisotopic (exact) mass is 656 g/mol. The third-order valence-corrected chi connectivity index (χ3v) is 9.81. The fraction of sp³-hybridized carbons (Fsp3) is 0.424. The molecule has 1 N–H and O–H groups in total. The van der Waals surface area contributed by atoms with Gasteiger partial charge in [-0.25, -0.2) is 0 Å². The summed E-state index contributed by atoms with van der Waals surface area (Å²) in [6.45, 7) is 5.68. The molecule has 3 aromatic rings. The second-order valence-corrected chi connectivity index (χ2v) is 12.8. The van der Waals surface area contributed by atoms with Gasteiger partial charge in [-0.3, -0.25) is 49.1 Å². The van der Waals surface area contributed by atoms with E-state index in [1.807, 2.05) is 19.3 Å². The molecule has 0 radical (unpaired) electrons. The van der Waals surface area contributed by atoms with Gasteiger partial charge in [0.15, 0.2) is 5.75 Å². The summed E-state index contributed by atoms with van der Waals surface area (Å²) in [4.78, 5) is 69.7. The van der Waals surface area contributed by atoms with E-state index in [2.05, 4.69) is 25.1 Å². The summed E-state index contributed by atoms with van der Waals surface area (Å²) in [7, 11) is 3.25. The van der Waals surface area contributed by atoms with Crippen LogP contribution < -0.4 is 19.9 Å². The molecular weight excluding hydrogens is 620 g/mol. The quantitative estimate of drug-likeness (QED) is 0.215. The minimum absolute atomic E-state index is 0.0809. The lowest BCUT2D eigenvalue weighted by Crippen LogP contribution is -2.54. The molecule has 2 atom stereocenters. The lowest BCUT2D eigenvalue weighted by Gasteiger charge is -2.38. The Bertz CT molecular complexity index is 1830. The predicted octanol–water partition coefficient (Wildman–Crippen LogP) is 2.05.